The van der Waals surface area contributed by atoms with Crippen molar-refractivity contribution in [2.24, 2.45) is 5.73 Å². The third-order valence-electron chi connectivity index (χ3n) is 4.39. The van der Waals surface area contributed by atoms with Gasteiger partial charge in [-0.25, -0.2) is 4.79 Å². The van der Waals surface area contributed by atoms with Gasteiger partial charge in [0.1, 0.15) is 12.3 Å². The quantitative estimate of drug-likeness (QED) is 0.701. The Kier molecular flexibility index (Phi) is 4.98. The van der Waals surface area contributed by atoms with Gasteiger partial charge in [-0.1, -0.05) is 12.1 Å². The zero-order chi connectivity index (χ0) is 21.3. The summed E-state index contributed by atoms with van der Waals surface area (Å²) in [6, 6.07) is 10.3. The molecule has 9 nitrogen and oxygen atoms in total. The number of nitrogens with one attached hydrogen (secondary N) is 1. The summed E-state index contributed by atoms with van der Waals surface area (Å²) in [4.78, 5) is 49.5. The van der Waals surface area contributed by atoms with E-state index in [4.69, 9.17) is 10.5 Å². The summed E-state index contributed by atoms with van der Waals surface area (Å²) in [7, 11) is 0. The summed E-state index contributed by atoms with van der Waals surface area (Å²) in [5.41, 5.74) is 4.53. The van der Waals surface area contributed by atoms with Crippen molar-refractivity contribution in [3.05, 3.63) is 53.6 Å². The van der Waals surface area contributed by atoms with Crippen LogP contribution in [0.1, 0.15) is 34.6 Å². The predicted octanol–water partition coefficient (Wildman–Crippen LogP) is 1.63. The lowest BCUT2D eigenvalue weighted by atomic mass is 10.0. The number of benzene rings is 2. The number of carbonyl (C=O) groups is 4. The molecule has 0 aromatic heterocycles. The van der Waals surface area contributed by atoms with Crippen molar-refractivity contribution < 1.29 is 29.0 Å². The van der Waals surface area contributed by atoms with E-state index in [1.54, 1.807) is 26.0 Å². The van der Waals surface area contributed by atoms with Gasteiger partial charge in [-0.3, -0.25) is 19.3 Å². The molecule has 0 atom stereocenters. The molecule has 4 N–H and O–H groups in total. The maximum Gasteiger partial charge on any atom is 0.335 e. The van der Waals surface area contributed by atoms with E-state index in [2.05, 4.69) is 5.32 Å². The number of hydrogen-bond donors (Lipinski definition) is 3. The Morgan fingerprint density at radius 2 is 1.86 bits per heavy atom. The molecule has 2 aromatic carbocycles. The van der Waals surface area contributed by atoms with Gasteiger partial charge in [-0.05, 0) is 44.2 Å². The number of rotatable bonds is 5. The van der Waals surface area contributed by atoms with Crippen molar-refractivity contribution in [3.8, 4) is 5.75 Å². The van der Waals surface area contributed by atoms with Gasteiger partial charge in [0, 0.05) is 0 Å². The van der Waals surface area contributed by atoms with Crippen LogP contribution in [0.5, 0.6) is 5.75 Å². The molecule has 1 aliphatic rings. The molecule has 150 valence electrons. The maximum atomic E-state index is 12.9. The summed E-state index contributed by atoms with van der Waals surface area (Å²) in [6.45, 7) is 2.70. The van der Waals surface area contributed by atoms with Crippen LogP contribution in [0, 0.1) is 0 Å². The molecule has 1 aliphatic heterocycles. The van der Waals surface area contributed by atoms with Gasteiger partial charge in [0.25, 0.3) is 11.8 Å². The number of amides is 3. The average Bonchev–Trinajstić information content (AvgIpc) is 2.65. The van der Waals surface area contributed by atoms with Gasteiger partial charge in [-0.2, -0.15) is 0 Å². The molecule has 1 heterocycles. The Balaban J connectivity index is 1.92. The van der Waals surface area contributed by atoms with Gasteiger partial charge in [0.05, 0.1) is 22.5 Å². The fraction of sp³-hybridized carbons (Fsp3) is 0.200. The summed E-state index contributed by atoms with van der Waals surface area (Å²) < 4.78 is 5.67. The van der Waals surface area contributed by atoms with E-state index in [1.165, 1.54) is 30.3 Å². The molecule has 0 bridgehead atoms. The lowest BCUT2D eigenvalue weighted by Gasteiger charge is -2.38. The molecule has 9 heteroatoms. The average molecular weight is 397 g/mol. The molecule has 0 spiro atoms. The SMILES string of the molecule is CC1(C)Oc2ccc(C(=O)O)cc2N(CC(=O)Nc2ccccc2C(N)=O)C1=O. The van der Waals surface area contributed by atoms with Crippen LogP contribution >= 0.6 is 0 Å². The minimum Gasteiger partial charge on any atom is -0.478 e. The molecule has 0 unspecified atom stereocenters. The second-order valence-electron chi connectivity index (χ2n) is 6.95. The van der Waals surface area contributed by atoms with E-state index in [1.807, 2.05) is 0 Å². The largest absolute Gasteiger partial charge is 0.478 e. The van der Waals surface area contributed by atoms with Crippen LogP contribution in [-0.4, -0.2) is 40.9 Å². The predicted molar refractivity (Wildman–Crippen MR) is 104 cm³/mol. The van der Waals surface area contributed by atoms with Crippen LogP contribution in [0.4, 0.5) is 11.4 Å². The highest BCUT2D eigenvalue weighted by atomic mass is 16.5. The number of nitrogens with two attached hydrogens (primary N) is 1. The number of carboxylic acids is 1. The summed E-state index contributed by atoms with van der Waals surface area (Å²) >= 11 is 0. The number of aromatic carboxylic acids is 1. The topological polar surface area (TPSA) is 139 Å². The minimum absolute atomic E-state index is 0.0515. The smallest absolute Gasteiger partial charge is 0.335 e. The Hall–Kier alpha value is -3.88. The Morgan fingerprint density at radius 1 is 1.17 bits per heavy atom. The number of ether oxygens (including phenoxy) is 1. The van der Waals surface area contributed by atoms with E-state index in [9.17, 15) is 24.3 Å². The van der Waals surface area contributed by atoms with Crippen molar-refractivity contribution in [2.45, 2.75) is 19.4 Å². The molecular weight excluding hydrogens is 378 g/mol. The summed E-state index contributed by atoms with van der Waals surface area (Å²) in [5, 5.41) is 11.8. The first-order valence-electron chi connectivity index (χ1n) is 8.67. The highest BCUT2D eigenvalue weighted by Gasteiger charge is 2.42. The highest BCUT2D eigenvalue weighted by molar-refractivity contribution is 6.09. The van der Waals surface area contributed by atoms with Crippen LogP contribution in [0.2, 0.25) is 0 Å². The number of primary amides is 1. The van der Waals surface area contributed by atoms with Crippen LogP contribution < -0.4 is 20.7 Å². The highest BCUT2D eigenvalue weighted by Crippen LogP contribution is 2.38. The molecule has 29 heavy (non-hydrogen) atoms. The van der Waals surface area contributed by atoms with Crippen molar-refractivity contribution >= 4 is 35.1 Å². The number of anilines is 2. The van der Waals surface area contributed by atoms with E-state index in [0.29, 0.717) is 0 Å². The number of para-hydroxylation sites is 1. The molecule has 0 radical (unpaired) electrons. The number of carboxylic acid groups (broad SMARTS) is 1. The van der Waals surface area contributed by atoms with Crippen LogP contribution in [0.25, 0.3) is 0 Å². The van der Waals surface area contributed by atoms with Gasteiger partial charge in [-0.15, -0.1) is 0 Å². The van der Waals surface area contributed by atoms with Crippen LogP contribution in [0.15, 0.2) is 42.5 Å². The normalized spacial score (nSPS) is 14.6. The fourth-order valence-corrected chi connectivity index (χ4v) is 3.00. The van der Waals surface area contributed by atoms with Crippen molar-refractivity contribution in [3.63, 3.8) is 0 Å². The number of carbonyl (C=O) groups excluding carboxylic acids is 3. The summed E-state index contributed by atoms with van der Waals surface area (Å²) in [6.07, 6.45) is 0. The fourth-order valence-electron chi connectivity index (χ4n) is 3.00. The molecule has 2 aromatic rings. The van der Waals surface area contributed by atoms with E-state index in [0.717, 1.165) is 4.90 Å². The Bertz CT molecular complexity index is 1030. The first-order valence-corrected chi connectivity index (χ1v) is 8.67. The second kappa shape index (κ2) is 7.27. The number of nitrogens with zero attached hydrogens (tertiary/aromatic N) is 1. The zero-order valence-electron chi connectivity index (χ0n) is 15.8. The molecule has 0 aliphatic carbocycles. The third kappa shape index (κ3) is 3.88. The van der Waals surface area contributed by atoms with E-state index < -0.39 is 35.8 Å². The van der Waals surface area contributed by atoms with Gasteiger partial charge in [0.15, 0.2) is 5.60 Å². The molecule has 0 fully saturated rings. The standard InChI is InChI=1S/C20H19N3O6/c1-20(2)19(28)23(14-9-11(18(26)27)7-8-15(14)29-20)10-16(24)22-13-6-4-3-5-12(13)17(21)25/h3-9H,10H2,1-2H3,(H2,21,25)(H,22,24)(H,26,27). The van der Waals surface area contributed by atoms with E-state index in [-0.39, 0.29) is 28.3 Å². The molecule has 3 rings (SSSR count). The first kappa shape index (κ1) is 19.9. The lowest BCUT2D eigenvalue weighted by molar-refractivity contribution is -0.133. The Labute approximate surface area is 166 Å². The first-order chi connectivity index (χ1) is 13.6. The van der Waals surface area contributed by atoms with Gasteiger partial charge in [0.2, 0.25) is 5.91 Å². The minimum atomic E-state index is -1.25. The van der Waals surface area contributed by atoms with Crippen molar-refractivity contribution in [1.29, 1.82) is 0 Å². The molecule has 3 amide bonds. The third-order valence-corrected chi connectivity index (χ3v) is 4.39. The number of hydrogen-bond acceptors (Lipinski definition) is 5. The zero-order valence-corrected chi connectivity index (χ0v) is 15.8. The number of fused-ring (bicyclic) bond motifs is 1. The molecule has 0 saturated heterocycles. The maximum absolute atomic E-state index is 12.9. The van der Waals surface area contributed by atoms with Gasteiger partial charge < -0.3 is 20.9 Å². The van der Waals surface area contributed by atoms with Crippen LogP contribution in [-0.2, 0) is 9.59 Å². The lowest BCUT2D eigenvalue weighted by Crippen LogP contribution is -2.54. The van der Waals surface area contributed by atoms with E-state index >= 15 is 0 Å². The Morgan fingerprint density at radius 3 is 2.52 bits per heavy atom. The molecule has 0 saturated carbocycles. The summed E-state index contributed by atoms with van der Waals surface area (Å²) in [5.74, 6) is -2.70. The second-order valence-corrected chi connectivity index (χ2v) is 6.95. The molecular formula is C20H19N3O6. The van der Waals surface area contributed by atoms with Crippen LogP contribution in [0.3, 0.4) is 0 Å². The monoisotopic (exact) mass is 397 g/mol. The van der Waals surface area contributed by atoms with Crippen molar-refractivity contribution in [1.82, 2.24) is 0 Å². The van der Waals surface area contributed by atoms with Gasteiger partial charge >= 0.3 is 5.97 Å². The van der Waals surface area contributed by atoms with Crippen molar-refractivity contribution in [2.75, 3.05) is 16.8 Å².